The van der Waals surface area contributed by atoms with E-state index < -0.39 is 5.54 Å². The van der Waals surface area contributed by atoms with Gasteiger partial charge in [-0.05, 0) is 31.5 Å². The number of fused-ring (bicyclic) bond motifs is 1. The number of hydrogen-bond acceptors (Lipinski definition) is 2. The Morgan fingerprint density at radius 3 is 2.80 bits per heavy atom. The number of benzene rings is 1. The Morgan fingerprint density at radius 2 is 2.13 bits per heavy atom. The average Bonchev–Trinajstić information content (AvgIpc) is 2.20. The van der Waals surface area contributed by atoms with Gasteiger partial charge >= 0.3 is 0 Å². The number of rotatable bonds is 1. The highest BCUT2D eigenvalue weighted by Crippen LogP contribution is 2.32. The number of anilines is 2. The Kier molecular flexibility index (Phi) is 2.14. The molecule has 1 aromatic carbocycles. The second kappa shape index (κ2) is 3.22. The van der Waals surface area contributed by atoms with Crippen molar-refractivity contribution in [3.8, 4) is 0 Å². The van der Waals surface area contributed by atoms with Gasteiger partial charge in [-0.1, -0.05) is 6.92 Å². The minimum atomic E-state index is -0.652. The minimum absolute atomic E-state index is 0.0795. The summed E-state index contributed by atoms with van der Waals surface area (Å²) in [6, 6.07) is 4.28. The van der Waals surface area contributed by atoms with E-state index in [0.29, 0.717) is 17.8 Å². The first-order valence-electron chi connectivity index (χ1n) is 4.94. The van der Waals surface area contributed by atoms with Gasteiger partial charge in [-0.2, -0.15) is 0 Å². The lowest BCUT2D eigenvalue weighted by Crippen LogP contribution is -2.49. The third-order valence-electron chi connectivity index (χ3n) is 2.85. The van der Waals surface area contributed by atoms with E-state index in [1.807, 2.05) is 6.92 Å². The molecule has 3 nitrogen and oxygen atoms in total. The Balaban J connectivity index is 2.43. The fourth-order valence-electron chi connectivity index (χ4n) is 1.59. The Morgan fingerprint density at radius 1 is 1.40 bits per heavy atom. The SMILES string of the molecule is CCC1(C)Nc2cc(F)ccc2NC1=O. The standard InChI is InChI=1S/C11H13FN2O/c1-3-11(2)10(15)13-8-5-4-7(12)6-9(8)14-11/h4-6,14H,3H2,1-2H3,(H,13,15). The van der Waals surface area contributed by atoms with Crippen LogP contribution in [0.4, 0.5) is 15.8 Å². The van der Waals surface area contributed by atoms with E-state index in [-0.39, 0.29) is 11.7 Å². The van der Waals surface area contributed by atoms with Crippen LogP contribution in [0.1, 0.15) is 20.3 Å². The van der Waals surface area contributed by atoms with Crippen LogP contribution in [0.3, 0.4) is 0 Å². The zero-order valence-electron chi connectivity index (χ0n) is 8.73. The van der Waals surface area contributed by atoms with Crippen molar-refractivity contribution >= 4 is 17.3 Å². The predicted molar refractivity (Wildman–Crippen MR) is 57.3 cm³/mol. The van der Waals surface area contributed by atoms with Gasteiger partial charge in [-0.25, -0.2) is 4.39 Å². The van der Waals surface area contributed by atoms with E-state index in [4.69, 9.17) is 0 Å². The van der Waals surface area contributed by atoms with Crippen LogP contribution in [0.5, 0.6) is 0 Å². The lowest BCUT2D eigenvalue weighted by molar-refractivity contribution is -0.120. The van der Waals surface area contributed by atoms with Crippen molar-refractivity contribution < 1.29 is 9.18 Å². The lowest BCUT2D eigenvalue weighted by atomic mass is 9.94. The number of amides is 1. The van der Waals surface area contributed by atoms with E-state index in [1.165, 1.54) is 12.1 Å². The first-order valence-corrected chi connectivity index (χ1v) is 4.94. The smallest absolute Gasteiger partial charge is 0.249 e. The Labute approximate surface area is 87.7 Å². The quantitative estimate of drug-likeness (QED) is 0.743. The van der Waals surface area contributed by atoms with Crippen LogP contribution in [0.15, 0.2) is 18.2 Å². The highest BCUT2D eigenvalue weighted by atomic mass is 19.1. The topological polar surface area (TPSA) is 41.1 Å². The third-order valence-corrected chi connectivity index (χ3v) is 2.85. The first-order chi connectivity index (χ1) is 7.05. The molecule has 0 aromatic heterocycles. The molecule has 0 saturated carbocycles. The zero-order valence-corrected chi connectivity index (χ0v) is 8.73. The highest BCUT2D eigenvalue weighted by Gasteiger charge is 2.35. The summed E-state index contributed by atoms with van der Waals surface area (Å²) in [5.41, 5.74) is 0.618. The van der Waals surface area contributed by atoms with Gasteiger partial charge in [0.25, 0.3) is 0 Å². The van der Waals surface area contributed by atoms with Gasteiger partial charge in [0.1, 0.15) is 11.4 Å². The number of nitrogens with one attached hydrogen (secondary N) is 2. The number of hydrogen-bond donors (Lipinski definition) is 2. The van der Waals surface area contributed by atoms with Gasteiger partial charge in [0.15, 0.2) is 0 Å². The van der Waals surface area contributed by atoms with E-state index in [1.54, 1.807) is 13.0 Å². The van der Waals surface area contributed by atoms with Crippen molar-refractivity contribution in [2.45, 2.75) is 25.8 Å². The predicted octanol–water partition coefficient (Wildman–Crippen LogP) is 2.36. The Bertz CT molecular complexity index is 419. The largest absolute Gasteiger partial charge is 0.370 e. The molecule has 0 spiro atoms. The van der Waals surface area contributed by atoms with Crippen molar-refractivity contribution in [1.82, 2.24) is 0 Å². The van der Waals surface area contributed by atoms with Gasteiger partial charge in [0.2, 0.25) is 5.91 Å². The van der Waals surface area contributed by atoms with Crippen LogP contribution in [0.25, 0.3) is 0 Å². The fourth-order valence-corrected chi connectivity index (χ4v) is 1.59. The molecule has 1 aliphatic rings. The van der Waals surface area contributed by atoms with Gasteiger partial charge < -0.3 is 10.6 Å². The van der Waals surface area contributed by atoms with Crippen LogP contribution < -0.4 is 10.6 Å². The molecule has 0 aliphatic carbocycles. The summed E-state index contributed by atoms with van der Waals surface area (Å²) in [4.78, 5) is 11.7. The highest BCUT2D eigenvalue weighted by molar-refractivity contribution is 6.05. The molecule has 1 amide bonds. The van der Waals surface area contributed by atoms with Crippen molar-refractivity contribution in [1.29, 1.82) is 0 Å². The van der Waals surface area contributed by atoms with Crippen molar-refractivity contribution in [2.75, 3.05) is 10.6 Å². The van der Waals surface area contributed by atoms with Crippen LogP contribution >= 0.6 is 0 Å². The summed E-state index contributed by atoms with van der Waals surface area (Å²) in [5, 5.41) is 5.82. The van der Waals surface area contributed by atoms with E-state index in [0.717, 1.165) is 0 Å². The first kappa shape index (κ1) is 9.96. The minimum Gasteiger partial charge on any atom is -0.370 e. The van der Waals surface area contributed by atoms with Crippen molar-refractivity contribution in [3.05, 3.63) is 24.0 Å². The zero-order chi connectivity index (χ0) is 11.1. The molecular formula is C11H13FN2O. The summed E-state index contributed by atoms with van der Waals surface area (Å²) < 4.78 is 13.0. The summed E-state index contributed by atoms with van der Waals surface area (Å²) in [5.74, 6) is -0.389. The molecule has 80 valence electrons. The van der Waals surface area contributed by atoms with Crippen LogP contribution in [0, 0.1) is 5.82 Å². The molecule has 0 bridgehead atoms. The molecule has 0 saturated heterocycles. The molecule has 1 unspecified atom stereocenters. The summed E-state index contributed by atoms with van der Waals surface area (Å²) in [7, 11) is 0. The van der Waals surface area contributed by atoms with Gasteiger partial charge in [0, 0.05) is 0 Å². The summed E-state index contributed by atoms with van der Waals surface area (Å²) >= 11 is 0. The van der Waals surface area contributed by atoms with Gasteiger partial charge in [-0.15, -0.1) is 0 Å². The summed E-state index contributed by atoms with van der Waals surface area (Å²) in [6.45, 7) is 3.72. The van der Waals surface area contributed by atoms with Gasteiger partial charge in [-0.3, -0.25) is 4.79 Å². The van der Waals surface area contributed by atoms with Gasteiger partial charge in [0.05, 0.1) is 11.4 Å². The van der Waals surface area contributed by atoms with E-state index in [2.05, 4.69) is 10.6 Å². The number of carbonyl (C=O) groups is 1. The second-order valence-corrected chi connectivity index (χ2v) is 3.95. The molecule has 2 N–H and O–H groups in total. The summed E-state index contributed by atoms with van der Waals surface area (Å²) in [6.07, 6.45) is 0.648. The van der Waals surface area contributed by atoms with E-state index in [9.17, 15) is 9.18 Å². The molecule has 0 fully saturated rings. The molecule has 0 radical (unpaired) electrons. The maximum atomic E-state index is 13.0. The van der Waals surface area contributed by atoms with Crippen molar-refractivity contribution in [2.24, 2.45) is 0 Å². The maximum Gasteiger partial charge on any atom is 0.249 e. The molecule has 2 rings (SSSR count). The molecule has 15 heavy (non-hydrogen) atoms. The average molecular weight is 208 g/mol. The monoisotopic (exact) mass is 208 g/mol. The Hall–Kier alpha value is -1.58. The molecule has 1 atom stereocenters. The third kappa shape index (κ3) is 1.56. The molecule has 1 aromatic rings. The van der Waals surface area contributed by atoms with Crippen molar-refractivity contribution in [3.63, 3.8) is 0 Å². The molecule has 4 heteroatoms. The molecule has 1 aliphatic heterocycles. The fraction of sp³-hybridized carbons (Fsp3) is 0.364. The van der Waals surface area contributed by atoms with E-state index >= 15 is 0 Å². The van der Waals surface area contributed by atoms with Crippen LogP contribution in [-0.4, -0.2) is 11.4 Å². The van der Waals surface area contributed by atoms with Crippen LogP contribution in [0.2, 0.25) is 0 Å². The second-order valence-electron chi connectivity index (χ2n) is 3.95. The normalized spacial score (nSPS) is 24.1. The lowest BCUT2D eigenvalue weighted by Gasteiger charge is -2.35. The maximum absolute atomic E-state index is 13.0. The number of halogens is 1. The molecule has 1 heterocycles. The number of carbonyl (C=O) groups excluding carboxylic acids is 1. The molecular weight excluding hydrogens is 195 g/mol. The van der Waals surface area contributed by atoms with Crippen LogP contribution in [-0.2, 0) is 4.79 Å².